The summed E-state index contributed by atoms with van der Waals surface area (Å²) in [7, 11) is 1.48. The van der Waals surface area contributed by atoms with E-state index in [0.717, 1.165) is 11.1 Å². The van der Waals surface area contributed by atoms with Crippen LogP contribution in [0, 0.1) is 0 Å². The van der Waals surface area contributed by atoms with E-state index in [1.165, 1.54) is 7.11 Å². The molecule has 20 heavy (non-hydrogen) atoms. The number of rotatable bonds is 4. The van der Waals surface area contributed by atoms with Gasteiger partial charge in [-0.1, -0.05) is 12.1 Å². The summed E-state index contributed by atoms with van der Waals surface area (Å²) in [6, 6.07) is 9.93. The standard InChI is InChI=1S/C15H15NO4/c1-20-14-8-10(3-5-13(14)17)6-9-2-4-12(16)11(7-9)15(18)19/h2-5,7-8,17H,6,16H2,1H3,(H,18,19). The molecule has 0 saturated carbocycles. The zero-order valence-corrected chi connectivity index (χ0v) is 11.0. The number of aromatic carboxylic acids is 1. The highest BCUT2D eigenvalue weighted by molar-refractivity contribution is 5.93. The number of ether oxygens (including phenoxy) is 1. The fourth-order valence-corrected chi connectivity index (χ4v) is 1.97. The Morgan fingerprint density at radius 1 is 1.20 bits per heavy atom. The number of hydrogen-bond acceptors (Lipinski definition) is 4. The Bertz CT molecular complexity index is 652. The zero-order valence-electron chi connectivity index (χ0n) is 11.0. The van der Waals surface area contributed by atoms with E-state index in [4.69, 9.17) is 15.6 Å². The van der Waals surface area contributed by atoms with E-state index in [2.05, 4.69) is 0 Å². The summed E-state index contributed by atoms with van der Waals surface area (Å²) in [6.45, 7) is 0. The van der Waals surface area contributed by atoms with Gasteiger partial charge in [0.2, 0.25) is 0 Å². The molecule has 0 aliphatic rings. The van der Waals surface area contributed by atoms with Gasteiger partial charge in [0.15, 0.2) is 11.5 Å². The molecule has 2 aromatic carbocycles. The van der Waals surface area contributed by atoms with E-state index in [-0.39, 0.29) is 17.0 Å². The van der Waals surface area contributed by atoms with Gasteiger partial charge in [0.1, 0.15) is 0 Å². The molecule has 5 nitrogen and oxygen atoms in total. The van der Waals surface area contributed by atoms with Crippen LogP contribution < -0.4 is 10.5 Å². The van der Waals surface area contributed by atoms with Gasteiger partial charge >= 0.3 is 5.97 Å². The number of benzene rings is 2. The van der Waals surface area contributed by atoms with Crippen molar-refractivity contribution in [2.75, 3.05) is 12.8 Å². The van der Waals surface area contributed by atoms with Crippen molar-refractivity contribution in [3.63, 3.8) is 0 Å². The summed E-state index contributed by atoms with van der Waals surface area (Å²) in [5.74, 6) is -0.594. The second kappa shape index (κ2) is 5.52. The van der Waals surface area contributed by atoms with Crippen molar-refractivity contribution in [2.45, 2.75) is 6.42 Å². The van der Waals surface area contributed by atoms with E-state index in [1.54, 1.807) is 36.4 Å². The molecule has 5 heteroatoms. The predicted molar refractivity (Wildman–Crippen MR) is 75.3 cm³/mol. The maximum atomic E-state index is 11.0. The molecule has 0 amide bonds. The molecule has 0 aromatic heterocycles. The number of nitrogen functional groups attached to an aromatic ring is 1. The number of aromatic hydroxyl groups is 1. The van der Waals surface area contributed by atoms with Crippen molar-refractivity contribution >= 4 is 11.7 Å². The van der Waals surface area contributed by atoms with Crippen molar-refractivity contribution in [1.29, 1.82) is 0 Å². The molecule has 0 spiro atoms. The second-order valence-corrected chi connectivity index (χ2v) is 4.41. The Balaban J connectivity index is 2.30. The van der Waals surface area contributed by atoms with Gasteiger partial charge in [-0.15, -0.1) is 0 Å². The molecule has 2 aromatic rings. The Morgan fingerprint density at radius 2 is 1.85 bits per heavy atom. The van der Waals surface area contributed by atoms with Crippen molar-refractivity contribution in [3.8, 4) is 11.5 Å². The highest BCUT2D eigenvalue weighted by atomic mass is 16.5. The summed E-state index contributed by atoms with van der Waals surface area (Å²) in [4.78, 5) is 11.0. The average Bonchev–Trinajstić information content (AvgIpc) is 2.42. The van der Waals surface area contributed by atoms with Crippen LogP contribution in [0.4, 0.5) is 5.69 Å². The normalized spacial score (nSPS) is 10.2. The van der Waals surface area contributed by atoms with E-state index >= 15 is 0 Å². The molecule has 4 N–H and O–H groups in total. The Labute approximate surface area is 116 Å². The predicted octanol–water partition coefficient (Wildman–Crippen LogP) is 2.27. The third-order valence-electron chi connectivity index (χ3n) is 3.00. The lowest BCUT2D eigenvalue weighted by Gasteiger charge is -2.08. The number of methoxy groups -OCH3 is 1. The van der Waals surface area contributed by atoms with Crippen LogP contribution >= 0.6 is 0 Å². The third-order valence-corrected chi connectivity index (χ3v) is 3.00. The maximum Gasteiger partial charge on any atom is 0.337 e. The first-order valence-corrected chi connectivity index (χ1v) is 5.99. The van der Waals surface area contributed by atoms with Gasteiger partial charge in [0.25, 0.3) is 0 Å². The van der Waals surface area contributed by atoms with Crippen molar-refractivity contribution in [2.24, 2.45) is 0 Å². The first-order chi connectivity index (χ1) is 9.51. The van der Waals surface area contributed by atoms with Crippen LogP contribution in [0.25, 0.3) is 0 Å². The molecule has 0 unspecified atom stereocenters. The Hall–Kier alpha value is -2.69. The number of carbonyl (C=O) groups is 1. The monoisotopic (exact) mass is 273 g/mol. The van der Waals surface area contributed by atoms with Gasteiger partial charge in [0.05, 0.1) is 12.7 Å². The minimum atomic E-state index is -1.05. The van der Waals surface area contributed by atoms with Crippen molar-refractivity contribution < 1.29 is 19.7 Å². The number of carboxylic acids is 1. The lowest BCUT2D eigenvalue weighted by Crippen LogP contribution is -2.03. The lowest BCUT2D eigenvalue weighted by molar-refractivity contribution is 0.0698. The summed E-state index contributed by atoms with van der Waals surface area (Å²) in [6.07, 6.45) is 0.525. The molecule has 0 saturated heterocycles. The first-order valence-electron chi connectivity index (χ1n) is 5.99. The van der Waals surface area contributed by atoms with Gasteiger partial charge in [-0.05, 0) is 41.8 Å². The molecular weight excluding hydrogens is 258 g/mol. The molecule has 0 atom stereocenters. The fourth-order valence-electron chi connectivity index (χ4n) is 1.97. The summed E-state index contributed by atoms with van der Waals surface area (Å²) in [5.41, 5.74) is 7.67. The molecule has 0 aliphatic heterocycles. The van der Waals surface area contributed by atoms with Crippen LogP contribution in [0.2, 0.25) is 0 Å². The van der Waals surface area contributed by atoms with E-state index < -0.39 is 5.97 Å². The molecule has 0 radical (unpaired) electrons. The molecule has 0 heterocycles. The third kappa shape index (κ3) is 2.83. The van der Waals surface area contributed by atoms with Gasteiger partial charge in [-0.2, -0.15) is 0 Å². The minimum absolute atomic E-state index is 0.0692. The maximum absolute atomic E-state index is 11.0. The number of phenolic OH excluding ortho intramolecular Hbond substituents is 1. The highest BCUT2D eigenvalue weighted by Gasteiger charge is 2.10. The smallest absolute Gasteiger partial charge is 0.337 e. The molecule has 0 aliphatic carbocycles. The van der Waals surface area contributed by atoms with Crippen LogP contribution in [-0.4, -0.2) is 23.3 Å². The number of hydrogen-bond donors (Lipinski definition) is 3. The molecule has 104 valence electrons. The van der Waals surface area contributed by atoms with Crippen LogP contribution in [0.3, 0.4) is 0 Å². The van der Waals surface area contributed by atoms with E-state index in [9.17, 15) is 9.90 Å². The quantitative estimate of drug-likeness (QED) is 0.743. The average molecular weight is 273 g/mol. The van der Waals surface area contributed by atoms with Gasteiger partial charge < -0.3 is 20.7 Å². The molecule has 2 rings (SSSR count). The van der Waals surface area contributed by atoms with E-state index in [0.29, 0.717) is 12.2 Å². The number of carboxylic acid groups (broad SMARTS) is 1. The lowest BCUT2D eigenvalue weighted by atomic mass is 10.0. The highest BCUT2D eigenvalue weighted by Crippen LogP contribution is 2.27. The van der Waals surface area contributed by atoms with Crippen LogP contribution in [0.5, 0.6) is 11.5 Å². The summed E-state index contributed by atoms with van der Waals surface area (Å²) < 4.78 is 5.04. The first kappa shape index (κ1) is 13.7. The van der Waals surface area contributed by atoms with E-state index in [1.807, 2.05) is 0 Å². The SMILES string of the molecule is COc1cc(Cc2ccc(N)c(C(=O)O)c2)ccc1O. The number of nitrogens with two attached hydrogens (primary N) is 1. The van der Waals surface area contributed by atoms with Crippen LogP contribution in [-0.2, 0) is 6.42 Å². The molecule has 0 bridgehead atoms. The fraction of sp³-hybridized carbons (Fsp3) is 0.133. The Kier molecular flexibility index (Phi) is 3.79. The Morgan fingerprint density at radius 3 is 2.50 bits per heavy atom. The van der Waals surface area contributed by atoms with Crippen molar-refractivity contribution in [1.82, 2.24) is 0 Å². The van der Waals surface area contributed by atoms with Gasteiger partial charge in [-0.25, -0.2) is 4.79 Å². The van der Waals surface area contributed by atoms with Crippen LogP contribution in [0.1, 0.15) is 21.5 Å². The second-order valence-electron chi connectivity index (χ2n) is 4.41. The van der Waals surface area contributed by atoms with Gasteiger partial charge in [-0.3, -0.25) is 0 Å². The summed E-state index contributed by atoms with van der Waals surface area (Å²) in [5, 5.41) is 18.6. The number of anilines is 1. The topological polar surface area (TPSA) is 92.8 Å². The largest absolute Gasteiger partial charge is 0.504 e. The van der Waals surface area contributed by atoms with Crippen molar-refractivity contribution in [3.05, 3.63) is 53.1 Å². The molecular formula is C15H15NO4. The number of phenols is 1. The summed E-state index contributed by atoms with van der Waals surface area (Å²) >= 11 is 0. The minimum Gasteiger partial charge on any atom is -0.504 e. The van der Waals surface area contributed by atoms with Crippen LogP contribution in [0.15, 0.2) is 36.4 Å². The zero-order chi connectivity index (χ0) is 14.7. The molecule has 0 fully saturated rings. The van der Waals surface area contributed by atoms with Gasteiger partial charge in [0, 0.05) is 5.69 Å².